The van der Waals surface area contributed by atoms with Crippen molar-refractivity contribution in [2.75, 3.05) is 6.26 Å². The molecular formula is C10H16SSn. The van der Waals surface area contributed by atoms with Crippen LogP contribution in [0.15, 0.2) is 29.2 Å². The van der Waals surface area contributed by atoms with Gasteiger partial charge in [-0.05, 0) is 0 Å². The first-order valence-electron chi connectivity index (χ1n) is 4.19. The number of thioether (sulfide) groups is 1. The van der Waals surface area contributed by atoms with Crippen molar-refractivity contribution in [3.63, 3.8) is 0 Å². The van der Waals surface area contributed by atoms with Crippen LogP contribution in [0.4, 0.5) is 0 Å². The second kappa shape index (κ2) is 4.05. The molecule has 0 atom stereocenters. The zero-order valence-electron chi connectivity index (χ0n) is 8.22. The number of benzene rings is 1. The van der Waals surface area contributed by atoms with E-state index in [9.17, 15) is 0 Å². The first-order valence-corrected chi connectivity index (χ1v) is 15.4. The molecule has 0 aliphatic heterocycles. The van der Waals surface area contributed by atoms with Gasteiger partial charge in [-0.25, -0.2) is 0 Å². The van der Waals surface area contributed by atoms with Crippen LogP contribution in [0.5, 0.6) is 0 Å². The van der Waals surface area contributed by atoms with Crippen LogP contribution < -0.4 is 3.58 Å². The van der Waals surface area contributed by atoms with Crippen LogP contribution in [-0.2, 0) is 0 Å². The summed E-state index contributed by atoms with van der Waals surface area (Å²) in [6.07, 6.45) is 2.16. The summed E-state index contributed by atoms with van der Waals surface area (Å²) in [6.45, 7) is 0. The van der Waals surface area contributed by atoms with Gasteiger partial charge in [0.1, 0.15) is 0 Å². The van der Waals surface area contributed by atoms with Crippen LogP contribution in [0.1, 0.15) is 0 Å². The molecule has 1 aromatic carbocycles. The zero-order valence-corrected chi connectivity index (χ0v) is 11.9. The van der Waals surface area contributed by atoms with E-state index in [2.05, 4.69) is 45.3 Å². The molecular weight excluding hydrogens is 271 g/mol. The number of rotatable bonds is 2. The molecule has 0 N–H and O–H groups in total. The van der Waals surface area contributed by atoms with Crippen molar-refractivity contribution in [3.8, 4) is 0 Å². The summed E-state index contributed by atoms with van der Waals surface area (Å²) in [5, 5.41) is 0. The molecule has 0 radical (unpaired) electrons. The maximum atomic E-state index is 2.46. The first kappa shape index (κ1) is 10.4. The van der Waals surface area contributed by atoms with Crippen molar-refractivity contribution in [2.24, 2.45) is 0 Å². The third kappa shape index (κ3) is 2.43. The van der Waals surface area contributed by atoms with Crippen molar-refractivity contribution in [1.29, 1.82) is 0 Å². The average molecular weight is 287 g/mol. The fraction of sp³-hybridized carbons (Fsp3) is 0.400. The third-order valence-corrected chi connectivity index (χ3v) is 9.08. The van der Waals surface area contributed by atoms with E-state index in [0.717, 1.165) is 0 Å². The van der Waals surface area contributed by atoms with Crippen LogP contribution in [0, 0.1) is 0 Å². The Morgan fingerprint density at radius 3 is 2.08 bits per heavy atom. The maximum absolute atomic E-state index is 2.46. The van der Waals surface area contributed by atoms with E-state index in [-0.39, 0.29) is 0 Å². The van der Waals surface area contributed by atoms with Gasteiger partial charge in [-0.2, -0.15) is 0 Å². The van der Waals surface area contributed by atoms with E-state index in [1.54, 1.807) is 3.58 Å². The summed E-state index contributed by atoms with van der Waals surface area (Å²) < 4.78 is 1.65. The molecule has 0 amide bonds. The first-order chi connectivity index (χ1) is 5.55. The van der Waals surface area contributed by atoms with Crippen LogP contribution in [0.25, 0.3) is 0 Å². The fourth-order valence-electron chi connectivity index (χ4n) is 1.26. The molecule has 0 aliphatic carbocycles. The molecule has 1 aromatic rings. The Hall–Kier alpha value is 0.369. The molecule has 1 rings (SSSR count). The van der Waals surface area contributed by atoms with E-state index in [4.69, 9.17) is 0 Å². The van der Waals surface area contributed by atoms with Crippen molar-refractivity contribution in [2.45, 2.75) is 19.7 Å². The predicted molar refractivity (Wildman–Crippen MR) is 61.2 cm³/mol. The van der Waals surface area contributed by atoms with Crippen molar-refractivity contribution < 1.29 is 0 Å². The summed E-state index contributed by atoms with van der Waals surface area (Å²) in [7, 11) is 0. The molecule has 0 unspecified atom stereocenters. The Labute approximate surface area is 83.6 Å². The quantitative estimate of drug-likeness (QED) is 0.595. The average Bonchev–Trinajstić information content (AvgIpc) is 2.03. The fourth-order valence-corrected chi connectivity index (χ4v) is 8.74. The molecule has 0 spiro atoms. The van der Waals surface area contributed by atoms with E-state index in [0.29, 0.717) is 0 Å². The molecule has 12 heavy (non-hydrogen) atoms. The number of hydrogen-bond donors (Lipinski definition) is 0. The second-order valence-electron chi connectivity index (χ2n) is 3.95. The topological polar surface area (TPSA) is 0 Å². The van der Waals surface area contributed by atoms with Crippen molar-refractivity contribution >= 4 is 33.7 Å². The molecule has 0 saturated carbocycles. The number of hydrogen-bond acceptors (Lipinski definition) is 1. The molecule has 0 aromatic heterocycles. The second-order valence-corrected chi connectivity index (χ2v) is 19.2. The normalized spacial score (nSPS) is 11.7. The minimum absolute atomic E-state index is 1.49. The molecule has 0 fully saturated rings. The van der Waals surface area contributed by atoms with Crippen LogP contribution in [0.3, 0.4) is 0 Å². The molecule has 0 saturated heterocycles. The van der Waals surface area contributed by atoms with Gasteiger partial charge in [0.05, 0.1) is 0 Å². The van der Waals surface area contributed by atoms with Gasteiger partial charge in [-0.1, -0.05) is 0 Å². The Bertz CT molecular complexity index is 263. The third-order valence-electron chi connectivity index (χ3n) is 1.91. The minimum atomic E-state index is -1.83. The standard InChI is InChI=1S/C7H7S.3CH3.Sn/c1-8-7-5-3-2-4-6-7;;;;/h2-5H,1H3;3*1H3;. The molecule has 66 valence electrons. The zero-order chi connectivity index (χ0) is 9.19. The molecule has 2 heteroatoms. The summed E-state index contributed by atoms with van der Waals surface area (Å²) in [5.41, 5.74) is 0. The van der Waals surface area contributed by atoms with Crippen molar-refractivity contribution in [1.82, 2.24) is 0 Å². The SMILES string of the molecule is CSc1cccc[c]1[Sn]([CH3])([CH3])[CH3]. The summed E-state index contributed by atoms with van der Waals surface area (Å²) >= 11 is 0.0469. The van der Waals surface area contributed by atoms with Gasteiger partial charge in [-0.15, -0.1) is 0 Å². The van der Waals surface area contributed by atoms with Crippen LogP contribution in [-0.4, -0.2) is 24.6 Å². The van der Waals surface area contributed by atoms with Gasteiger partial charge in [0, 0.05) is 0 Å². The van der Waals surface area contributed by atoms with E-state index >= 15 is 0 Å². The van der Waals surface area contributed by atoms with Gasteiger partial charge in [-0.3, -0.25) is 0 Å². The van der Waals surface area contributed by atoms with Gasteiger partial charge >= 0.3 is 84.0 Å². The van der Waals surface area contributed by atoms with Crippen LogP contribution in [0.2, 0.25) is 14.8 Å². The predicted octanol–water partition coefficient (Wildman–Crippen LogP) is 2.95. The Balaban J connectivity index is 3.14. The molecule has 0 nitrogen and oxygen atoms in total. The Kier molecular flexibility index (Phi) is 3.53. The van der Waals surface area contributed by atoms with E-state index in [1.165, 1.54) is 4.90 Å². The van der Waals surface area contributed by atoms with Gasteiger partial charge in [0.25, 0.3) is 0 Å². The van der Waals surface area contributed by atoms with Gasteiger partial charge in [0.15, 0.2) is 0 Å². The summed E-state index contributed by atoms with van der Waals surface area (Å²) in [6, 6.07) is 8.84. The van der Waals surface area contributed by atoms with Crippen molar-refractivity contribution in [3.05, 3.63) is 24.3 Å². The Morgan fingerprint density at radius 2 is 1.67 bits per heavy atom. The molecule has 0 aliphatic rings. The van der Waals surface area contributed by atoms with Gasteiger partial charge in [0.2, 0.25) is 0 Å². The van der Waals surface area contributed by atoms with Gasteiger partial charge < -0.3 is 0 Å². The molecule has 0 bridgehead atoms. The Morgan fingerprint density at radius 1 is 1.08 bits per heavy atom. The summed E-state index contributed by atoms with van der Waals surface area (Å²) in [5.74, 6) is 0. The summed E-state index contributed by atoms with van der Waals surface area (Å²) in [4.78, 5) is 8.87. The van der Waals surface area contributed by atoms with E-state index in [1.807, 2.05) is 11.8 Å². The van der Waals surface area contributed by atoms with Crippen LogP contribution >= 0.6 is 11.8 Å². The van der Waals surface area contributed by atoms with E-state index < -0.39 is 18.4 Å². The monoisotopic (exact) mass is 288 g/mol. The molecule has 0 heterocycles.